The summed E-state index contributed by atoms with van der Waals surface area (Å²) in [5.41, 5.74) is 12.9. The molecule has 0 atom stereocenters. The summed E-state index contributed by atoms with van der Waals surface area (Å²) in [4.78, 5) is 5.84. The lowest BCUT2D eigenvalue weighted by molar-refractivity contribution is -0.139. The Hall–Kier alpha value is -5.97. The van der Waals surface area contributed by atoms with E-state index in [9.17, 15) is 22.0 Å². The summed E-state index contributed by atoms with van der Waals surface area (Å²) in [5, 5.41) is 14.4. The number of rotatable bonds is 5. The van der Waals surface area contributed by atoms with E-state index >= 15 is 0 Å². The number of benzene rings is 6. The van der Waals surface area contributed by atoms with Gasteiger partial charge in [-0.15, -0.1) is 0 Å². The number of halogens is 5. The fraction of sp³-hybridized carbons (Fsp3) is 0.0811. The molecule has 0 heterocycles. The van der Waals surface area contributed by atoms with Crippen molar-refractivity contribution in [1.29, 1.82) is 5.41 Å². The van der Waals surface area contributed by atoms with Gasteiger partial charge in [0.25, 0.3) is 0 Å². The van der Waals surface area contributed by atoms with Gasteiger partial charge in [0.1, 0.15) is 11.6 Å². The van der Waals surface area contributed by atoms with Gasteiger partial charge in [0.2, 0.25) is 0 Å². The van der Waals surface area contributed by atoms with E-state index in [-0.39, 0.29) is 23.4 Å². The Labute approximate surface area is 273 Å². The molecule has 6 rings (SSSR count). The van der Waals surface area contributed by atoms with Crippen molar-refractivity contribution in [2.45, 2.75) is 19.5 Å². The zero-order valence-electron chi connectivity index (χ0n) is 25.7. The maximum Gasteiger partial charge on any atom is 0.419 e. The van der Waals surface area contributed by atoms with Crippen LogP contribution < -0.4 is 21.7 Å². The molecule has 0 spiro atoms. The quantitative estimate of drug-likeness (QED) is 0.0844. The molecule has 0 bridgehead atoms. The number of aliphatic imine (C=N–C) groups is 1. The maximum atomic E-state index is 13.8. The monoisotopic (exact) mass is 654 g/mol. The number of nitrogens with zero attached hydrogens (tertiary/aromatic N) is 2. The summed E-state index contributed by atoms with van der Waals surface area (Å²) in [6, 6.07) is 34.1. The predicted octanol–water partition coefficient (Wildman–Crippen LogP) is 9.63. The molecule has 6 N–H and O–H groups in total. The van der Waals surface area contributed by atoms with Gasteiger partial charge in [-0.2, -0.15) is 13.2 Å². The SMILES string of the molecule is CCc1cc(N(C(=N)N)c2cccc3ccccc23)ccc1F.NC(=Nc1cccc2ccccc12)Nc1ccc(F)c(C(F)(F)F)c1. The number of guanidine groups is 2. The van der Waals surface area contributed by atoms with Crippen LogP contribution in [0.15, 0.2) is 126 Å². The minimum atomic E-state index is -4.79. The van der Waals surface area contributed by atoms with Crippen molar-refractivity contribution < 1.29 is 22.0 Å². The van der Waals surface area contributed by atoms with Crippen LogP contribution in [0.25, 0.3) is 21.5 Å². The number of hydrogen-bond donors (Lipinski definition) is 4. The molecule has 0 aromatic heterocycles. The van der Waals surface area contributed by atoms with Gasteiger partial charge in [0.15, 0.2) is 11.9 Å². The number of hydrogen-bond acceptors (Lipinski definition) is 2. The molecular weight excluding hydrogens is 623 g/mol. The minimum Gasteiger partial charge on any atom is -0.369 e. The van der Waals surface area contributed by atoms with Crippen LogP contribution in [0, 0.1) is 17.0 Å². The van der Waals surface area contributed by atoms with Gasteiger partial charge in [0, 0.05) is 22.1 Å². The molecular formula is C37H31F5N6. The lowest BCUT2D eigenvalue weighted by atomic mass is 10.1. The number of nitrogens with two attached hydrogens (primary N) is 2. The van der Waals surface area contributed by atoms with E-state index in [4.69, 9.17) is 16.9 Å². The molecule has 0 aliphatic heterocycles. The van der Waals surface area contributed by atoms with Crippen molar-refractivity contribution in [2.75, 3.05) is 10.2 Å². The minimum absolute atomic E-state index is 0.00443. The van der Waals surface area contributed by atoms with Gasteiger partial charge < -0.3 is 16.8 Å². The lowest BCUT2D eigenvalue weighted by Gasteiger charge is -2.25. The summed E-state index contributed by atoms with van der Waals surface area (Å²) in [6.45, 7) is 1.90. The first-order valence-electron chi connectivity index (χ1n) is 14.8. The second-order valence-electron chi connectivity index (χ2n) is 10.7. The average Bonchev–Trinajstić information content (AvgIpc) is 3.06. The first-order valence-corrected chi connectivity index (χ1v) is 14.8. The topological polar surface area (TPSA) is 104 Å². The van der Waals surface area contributed by atoms with Gasteiger partial charge in [-0.25, -0.2) is 13.8 Å². The molecule has 48 heavy (non-hydrogen) atoms. The van der Waals surface area contributed by atoms with Crippen molar-refractivity contribution in [3.8, 4) is 0 Å². The molecule has 0 unspecified atom stereocenters. The number of aryl methyl sites for hydroxylation is 1. The molecule has 0 saturated heterocycles. The molecule has 0 saturated carbocycles. The van der Waals surface area contributed by atoms with Crippen LogP contribution in [0.2, 0.25) is 0 Å². The van der Waals surface area contributed by atoms with Gasteiger partial charge in [0.05, 0.1) is 16.9 Å². The summed E-state index contributed by atoms with van der Waals surface area (Å²) in [7, 11) is 0. The van der Waals surface area contributed by atoms with Crippen molar-refractivity contribution in [2.24, 2.45) is 16.5 Å². The third kappa shape index (κ3) is 7.52. The maximum absolute atomic E-state index is 13.8. The summed E-state index contributed by atoms with van der Waals surface area (Å²) in [5.74, 6) is -1.79. The van der Waals surface area contributed by atoms with Gasteiger partial charge >= 0.3 is 6.18 Å². The Morgan fingerprint density at radius 1 is 0.750 bits per heavy atom. The highest BCUT2D eigenvalue weighted by Crippen LogP contribution is 2.34. The van der Waals surface area contributed by atoms with Crippen LogP contribution in [0.5, 0.6) is 0 Å². The summed E-state index contributed by atoms with van der Waals surface area (Å²) < 4.78 is 65.4. The smallest absolute Gasteiger partial charge is 0.369 e. The third-order valence-electron chi connectivity index (χ3n) is 7.47. The van der Waals surface area contributed by atoms with Crippen molar-refractivity contribution in [3.63, 3.8) is 0 Å². The predicted molar refractivity (Wildman–Crippen MR) is 184 cm³/mol. The normalized spacial score (nSPS) is 11.6. The molecule has 6 nitrogen and oxygen atoms in total. The average molecular weight is 655 g/mol. The molecule has 244 valence electrons. The fourth-order valence-corrected chi connectivity index (χ4v) is 5.21. The zero-order chi connectivity index (χ0) is 34.4. The molecule has 0 aliphatic rings. The molecule has 11 heteroatoms. The van der Waals surface area contributed by atoms with E-state index in [1.54, 1.807) is 29.2 Å². The van der Waals surface area contributed by atoms with Crippen LogP contribution in [0.3, 0.4) is 0 Å². The Morgan fingerprint density at radius 2 is 1.35 bits per heavy atom. The Bertz CT molecular complexity index is 2120. The van der Waals surface area contributed by atoms with Crippen molar-refractivity contribution >= 4 is 56.2 Å². The second kappa shape index (κ2) is 14.2. The Balaban J connectivity index is 0.000000188. The van der Waals surface area contributed by atoms with E-state index < -0.39 is 17.6 Å². The molecule has 0 amide bonds. The van der Waals surface area contributed by atoms with Crippen LogP contribution in [0.4, 0.5) is 44.7 Å². The van der Waals surface area contributed by atoms with E-state index in [0.717, 1.165) is 39.4 Å². The highest BCUT2D eigenvalue weighted by Gasteiger charge is 2.34. The van der Waals surface area contributed by atoms with E-state index in [1.807, 2.05) is 79.7 Å². The zero-order valence-corrected chi connectivity index (χ0v) is 25.7. The molecule has 0 aliphatic carbocycles. The first-order chi connectivity index (χ1) is 23.0. The molecule has 0 fully saturated rings. The number of anilines is 3. The van der Waals surface area contributed by atoms with E-state index in [0.29, 0.717) is 29.4 Å². The van der Waals surface area contributed by atoms with Gasteiger partial charge in [-0.3, -0.25) is 10.3 Å². The highest BCUT2D eigenvalue weighted by molar-refractivity contribution is 6.08. The van der Waals surface area contributed by atoms with Crippen molar-refractivity contribution in [3.05, 3.63) is 144 Å². The van der Waals surface area contributed by atoms with Crippen LogP contribution >= 0.6 is 0 Å². The largest absolute Gasteiger partial charge is 0.419 e. The van der Waals surface area contributed by atoms with E-state index in [2.05, 4.69) is 10.3 Å². The second-order valence-corrected chi connectivity index (χ2v) is 10.7. The van der Waals surface area contributed by atoms with Crippen LogP contribution in [-0.4, -0.2) is 11.9 Å². The van der Waals surface area contributed by atoms with Gasteiger partial charge in [-0.05, 0) is 71.3 Å². The van der Waals surface area contributed by atoms with Crippen LogP contribution in [-0.2, 0) is 12.6 Å². The highest BCUT2D eigenvalue weighted by atomic mass is 19.4. The summed E-state index contributed by atoms with van der Waals surface area (Å²) >= 11 is 0. The number of fused-ring (bicyclic) bond motifs is 2. The number of alkyl halides is 3. The molecule has 6 aromatic rings. The molecule has 0 radical (unpaired) electrons. The lowest BCUT2D eigenvalue weighted by Crippen LogP contribution is -2.32. The summed E-state index contributed by atoms with van der Waals surface area (Å²) in [6.07, 6.45) is -4.20. The van der Waals surface area contributed by atoms with Gasteiger partial charge in [-0.1, -0.05) is 79.7 Å². The standard InChI is InChI=1S/C19H18FN3.C18H13F4N3/c1-2-13-12-15(10-11-17(13)20)23(19(21)22)18-9-5-7-14-6-3-4-8-16(14)18;19-15-9-8-12(10-14(15)18(20,21)22)24-17(23)25-16-7-3-5-11-4-1-2-6-13(11)16/h3-12H,2H2,1H3,(H3,21,22);1-10H,(H3,23,24,25). The third-order valence-corrected chi connectivity index (χ3v) is 7.47. The van der Waals surface area contributed by atoms with E-state index in [1.165, 1.54) is 6.07 Å². The fourth-order valence-electron chi connectivity index (χ4n) is 5.21. The Morgan fingerprint density at radius 3 is 2.02 bits per heavy atom. The first kappa shape index (κ1) is 33.4. The Kier molecular flexibility index (Phi) is 9.88. The number of nitrogens with one attached hydrogen (secondary N) is 2. The van der Waals surface area contributed by atoms with Crippen molar-refractivity contribution in [1.82, 2.24) is 0 Å². The molecule has 6 aromatic carbocycles. The van der Waals surface area contributed by atoms with Crippen LogP contribution in [0.1, 0.15) is 18.1 Å².